The SMILES string of the molecule is CC[C@H](C)NC(=O)[C@H](C)N(Cc1ccccc1)C(=O)CCCOc1ccccc1. The Kier molecular flexibility index (Phi) is 9.22. The van der Waals surface area contributed by atoms with Gasteiger partial charge < -0.3 is 15.0 Å². The first-order valence-electron chi connectivity index (χ1n) is 10.3. The average Bonchev–Trinajstić information content (AvgIpc) is 2.75. The number of amides is 2. The summed E-state index contributed by atoms with van der Waals surface area (Å²) in [7, 11) is 0. The third-order valence-corrected chi connectivity index (χ3v) is 4.91. The third kappa shape index (κ3) is 7.60. The average molecular weight is 397 g/mol. The number of carbonyl (C=O) groups is 2. The van der Waals surface area contributed by atoms with Crippen LogP contribution >= 0.6 is 0 Å². The number of nitrogens with one attached hydrogen (secondary N) is 1. The van der Waals surface area contributed by atoms with Gasteiger partial charge in [0.1, 0.15) is 11.8 Å². The van der Waals surface area contributed by atoms with Crippen molar-refractivity contribution < 1.29 is 14.3 Å². The van der Waals surface area contributed by atoms with Crippen LogP contribution < -0.4 is 10.1 Å². The van der Waals surface area contributed by atoms with Gasteiger partial charge in [0.05, 0.1) is 6.61 Å². The molecule has 29 heavy (non-hydrogen) atoms. The lowest BCUT2D eigenvalue weighted by atomic mass is 10.1. The van der Waals surface area contributed by atoms with Crippen LogP contribution in [0, 0.1) is 0 Å². The maximum absolute atomic E-state index is 13.0. The topological polar surface area (TPSA) is 58.6 Å². The molecular formula is C24H32N2O3. The van der Waals surface area contributed by atoms with Crippen molar-refractivity contribution in [2.24, 2.45) is 0 Å². The molecule has 0 heterocycles. The molecule has 0 aliphatic rings. The summed E-state index contributed by atoms with van der Waals surface area (Å²) in [5, 5.41) is 2.98. The fraction of sp³-hybridized carbons (Fsp3) is 0.417. The summed E-state index contributed by atoms with van der Waals surface area (Å²) < 4.78 is 5.68. The second-order valence-corrected chi connectivity index (χ2v) is 7.27. The number of benzene rings is 2. The van der Waals surface area contributed by atoms with Gasteiger partial charge in [0.2, 0.25) is 11.8 Å². The van der Waals surface area contributed by atoms with Crippen molar-refractivity contribution in [2.45, 2.75) is 58.7 Å². The standard InChI is InChI=1S/C24H32N2O3/c1-4-19(2)25-24(28)20(3)26(18-21-12-7-5-8-13-21)23(27)16-11-17-29-22-14-9-6-10-15-22/h5-10,12-15,19-20H,4,11,16-18H2,1-3H3,(H,25,28)/t19-,20-/m0/s1. The summed E-state index contributed by atoms with van der Waals surface area (Å²) in [5.41, 5.74) is 1.00. The summed E-state index contributed by atoms with van der Waals surface area (Å²) in [6.45, 7) is 6.65. The Morgan fingerprint density at radius 2 is 1.62 bits per heavy atom. The molecule has 0 aliphatic heterocycles. The lowest BCUT2D eigenvalue weighted by Crippen LogP contribution is -2.49. The van der Waals surface area contributed by atoms with E-state index in [0.717, 1.165) is 17.7 Å². The highest BCUT2D eigenvalue weighted by Gasteiger charge is 2.26. The molecule has 1 N–H and O–H groups in total. The first-order chi connectivity index (χ1) is 14.0. The molecule has 0 saturated carbocycles. The normalized spacial score (nSPS) is 12.7. The van der Waals surface area contributed by atoms with Crippen LogP contribution in [0.25, 0.3) is 0 Å². The zero-order valence-corrected chi connectivity index (χ0v) is 17.6. The Bertz CT molecular complexity index is 749. The highest BCUT2D eigenvalue weighted by Crippen LogP contribution is 2.13. The third-order valence-electron chi connectivity index (χ3n) is 4.91. The van der Waals surface area contributed by atoms with Gasteiger partial charge in [-0.05, 0) is 44.4 Å². The van der Waals surface area contributed by atoms with E-state index < -0.39 is 6.04 Å². The van der Waals surface area contributed by atoms with E-state index in [4.69, 9.17) is 4.74 Å². The molecule has 0 fully saturated rings. The van der Waals surface area contributed by atoms with E-state index in [0.29, 0.717) is 26.0 Å². The molecule has 0 aliphatic carbocycles. The number of ether oxygens (including phenoxy) is 1. The Hall–Kier alpha value is -2.82. The van der Waals surface area contributed by atoms with E-state index in [1.54, 1.807) is 11.8 Å². The molecule has 0 spiro atoms. The first kappa shape index (κ1) is 22.5. The number of hydrogen-bond acceptors (Lipinski definition) is 3. The molecule has 0 bridgehead atoms. The Balaban J connectivity index is 1.97. The quantitative estimate of drug-likeness (QED) is 0.580. The van der Waals surface area contributed by atoms with Crippen molar-refractivity contribution in [2.75, 3.05) is 6.61 Å². The molecule has 2 aromatic carbocycles. The van der Waals surface area contributed by atoms with Crippen molar-refractivity contribution in [3.63, 3.8) is 0 Å². The van der Waals surface area contributed by atoms with Gasteiger partial charge in [0.15, 0.2) is 0 Å². The molecule has 0 unspecified atom stereocenters. The molecule has 2 amide bonds. The zero-order chi connectivity index (χ0) is 21.1. The Morgan fingerprint density at radius 1 is 1.00 bits per heavy atom. The summed E-state index contributed by atoms with van der Waals surface area (Å²) >= 11 is 0. The predicted octanol–water partition coefficient (Wildman–Crippen LogP) is 4.18. The monoisotopic (exact) mass is 396 g/mol. The van der Waals surface area contributed by atoms with Crippen LogP contribution in [0.4, 0.5) is 0 Å². The largest absolute Gasteiger partial charge is 0.494 e. The minimum Gasteiger partial charge on any atom is -0.494 e. The van der Waals surface area contributed by atoms with Crippen molar-refractivity contribution in [3.05, 3.63) is 66.2 Å². The van der Waals surface area contributed by atoms with Crippen LogP contribution in [-0.2, 0) is 16.1 Å². The van der Waals surface area contributed by atoms with E-state index in [1.807, 2.05) is 74.5 Å². The fourth-order valence-electron chi connectivity index (χ4n) is 2.90. The molecular weight excluding hydrogens is 364 g/mol. The highest BCUT2D eigenvalue weighted by atomic mass is 16.5. The van der Waals surface area contributed by atoms with Crippen LogP contribution in [0.5, 0.6) is 5.75 Å². The van der Waals surface area contributed by atoms with Gasteiger partial charge in [-0.25, -0.2) is 0 Å². The van der Waals surface area contributed by atoms with Crippen molar-refractivity contribution in [3.8, 4) is 5.75 Å². The van der Waals surface area contributed by atoms with Crippen molar-refractivity contribution >= 4 is 11.8 Å². The molecule has 0 radical (unpaired) electrons. The van der Waals surface area contributed by atoms with Gasteiger partial charge in [-0.1, -0.05) is 55.5 Å². The summed E-state index contributed by atoms with van der Waals surface area (Å²) in [6.07, 6.45) is 1.78. The van der Waals surface area contributed by atoms with E-state index >= 15 is 0 Å². The van der Waals surface area contributed by atoms with Gasteiger partial charge >= 0.3 is 0 Å². The van der Waals surface area contributed by atoms with Crippen LogP contribution in [0.1, 0.15) is 45.6 Å². The van der Waals surface area contributed by atoms with Gasteiger partial charge in [-0.3, -0.25) is 9.59 Å². The van der Waals surface area contributed by atoms with Crippen LogP contribution in [0.3, 0.4) is 0 Å². The van der Waals surface area contributed by atoms with Gasteiger partial charge in [-0.15, -0.1) is 0 Å². The lowest BCUT2D eigenvalue weighted by Gasteiger charge is -2.29. The molecule has 156 valence electrons. The maximum Gasteiger partial charge on any atom is 0.242 e. The highest BCUT2D eigenvalue weighted by molar-refractivity contribution is 5.87. The molecule has 2 rings (SSSR count). The number of hydrogen-bond donors (Lipinski definition) is 1. The van der Waals surface area contributed by atoms with E-state index in [1.165, 1.54) is 0 Å². The van der Waals surface area contributed by atoms with Crippen LogP contribution in [0.15, 0.2) is 60.7 Å². The zero-order valence-electron chi connectivity index (χ0n) is 17.6. The van der Waals surface area contributed by atoms with E-state index in [2.05, 4.69) is 5.32 Å². The molecule has 2 atom stereocenters. The van der Waals surface area contributed by atoms with E-state index in [-0.39, 0.29) is 17.9 Å². The smallest absolute Gasteiger partial charge is 0.242 e. The minimum atomic E-state index is -0.535. The predicted molar refractivity (Wildman–Crippen MR) is 116 cm³/mol. The molecule has 0 saturated heterocycles. The minimum absolute atomic E-state index is 0.0442. The van der Waals surface area contributed by atoms with Gasteiger partial charge in [0.25, 0.3) is 0 Å². The van der Waals surface area contributed by atoms with Crippen LogP contribution in [0.2, 0.25) is 0 Å². The van der Waals surface area contributed by atoms with Gasteiger partial charge in [0, 0.05) is 19.0 Å². The summed E-state index contributed by atoms with van der Waals surface area (Å²) in [6, 6.07) is 18.9. The second kappa shape index (κ2) is 11.9. The van der Waals surface area contributed by atoms with Crippen molar-refractivity contribution in [1.29, 1.82) is 0 Å². The number of para-hydroxylation sites is 1. The number of carbonyl (C=O) groups excluding carboxylic acids is 2. The van der Waals surface area contributed by atoms with E-state index in [9.17, 15) is 9.59 Å². The fourth-order valence-corrected chi connectivity index (χ4v) is 2.90. The molecule has 2 aromatic rings. The van der Waals surface area contributed by atoms with Crippen molar-refractivity contribution in [1.82, 2.24) is 10.2 Å². The summed E-state index contributed by atoms with van der Waals surface area (Å²) in [4.78, 5) is 27.2. The first-order valence-corrected chi connectivity index (χ1v) is 10.3. The maximum atomic E-state index is 13.0. The van der Waals surface area contributed by atoms with Crippen LogP contribution in [-0.4, -0.2) is 35.4 Å². The molecule has 5 nitrogen and oxygen atoms in total. The molecule has 0 aromatic heterocycles. The Morgan fingerprint density at radius 3 is 2.24 bits per heavy atom. The van der Waals surface area contributed by atoms with Gasteiger partial charge in [-0.2, -0.15) is 0 Å². The molecule has 5 heteroatoms. The second-order valence-electron chi connectivity index (χ2n) is 7.27. The Labute approximate surface area is 174 Å². The number of nitrogens with zero attached hydrogens (tertiary/aromatic N) is 1. The summed E-state index contributed by atoms with van der Waals surface area (Å²) in [5.74, 6) is 0.629. The number of rotatable bonds is 11. The lowest BCUT2D eigenvalue weighted by molar-refractivity contribution is -0.141.